The highest BCUT2D eigenvalue weighted by atomic mass is 79.9. The van der Waals surface area contributed by atoms with Gasteiger partial charge in [-0.2, -0.15) is 0 Å². The van der Waals surface area contributed by atoms with E-state index in [9.17, 15) is 9.59 Å². The summed E-state index contributed by atoms with van der Waals surface area (Å²) < 4.78 is 11.9. The van der Waals surface area contributed by atoms with Crippen LogP contribution in [0.2, 0.25) is 0 Å². The van der Waals surface area contributed by atoms with Gasteiger partial charge in [-0.25, -0.2) is 0 Å². The molecular weight excluding hydrogens is 460 g/mol. The fourth-order valence-electron chi connectivity index (χ4n) is 3.14. The lowest BCUT2D eigenvalue weighted by Gasteiger charge is -2.12. The molecule has 0 unspecified atom stereocenters. The largest absolute Gasteiger partial charge is 0.483 e. The third-order valence-electron chi connectivity index (χ3n) is 4.64. The third-order valence-corrected chi connectivity index (χ3v) is 5.45. The predicted molar refractivity (Wildman–Crippen MR) is 123 cm³/mol. The van der Waals surface area contributed by atoms with E-state index in [1.165, 1.54) is 0 Å². The second-order valence-electron chi connectivity index (χ2n) is 6.75. The molecule has 0 bridgehead atoms. The molecular formula is C24H19BrN2O4. The molecule has 4 aromatic rings. The summed E-state index contributed by atoms with van der Waals surface area (Å²) in [5.41, 5.74) is 4.65. The van der Waals surface area contributed by atoms with Crippen LogP contribution in [-0.4, -0.2) is 25.0 Å². The van der Waals surface area contributed by atoms with Crippen molar-refractivity contribution in [1.82, 2.24) is 10.9 Å². The number of ether oxygens (including phenoxy) is 2. The van der Waals surface area contributed by atoms with Gasteiger partial charge >= 0.3 is 0 Å². The van der Waals surface area contributed by atoms with Gasteiger partial charge in [0, 0.05) is 5.39 Å². The minimum atomic E-state index is -0.487. The Balaban J connectivity index is 1.26. The molecule has 0 aliphatic carbocycles. The highest BCUT2D eigenvalue weighted by Gasteiger charge is 2.10. The molecule has 0 fully saturated rings. The third kappa shape index (κ3) is 4.95. The van der Waals surface area contributed by atoms with Crippen molar-refractivity contribution >= 4 is 49.3 Å². The predicted octanol–water partition coefficient (Wildman–Crippen LogP) is 4.36. The van der Waals surface area contributed by atoms with Crippen molar-refractivity contribution in [1.29, 1.82) is 0 Å². The number of fused-ring (bicyclic) bond motifs is 2. The van der Waals surface area contributed by atoms with E-state index in [1.54, 1.807) is 12.1 Å². The minimum absolute atomic E-state index is 0.231. The highest BCUT2D eigenvalue weighted by molar-refractivity contribution is 9.10. The summed E-state index contributed by atoms with van der Waals surface area (Å²) in [6, 6.07) is 24.9. The van der Waals surface area contributed by atoms with Gasteiger partial charge in [0.05, 0.1) is 4.47 Å². The summed E-state index contributed by atoms with van der Waals surface area (Å²) in [5.74, 6) is 0.176. The lowest BCUT2D eigenvalue weighted by atomic mass is 10.1. The number of halogens is 1. The van der Waals surface area contributed by atoms with Gasteiger partial charge in [-0.05, 0) is 44.2 Å². The van der Waals surface area contributed by atoms with Crippen molar-refractivity contribution in [2.75, 3.05) is 13.2 Å². The number of benzene rings is 4. The normalized spacial score (nSPS) is 10.6. The smallest absolute Gasteiger partial charge is 0.276 e. The first-order valence-corrected chi connectivity index (χ1v) is 10.4. The molecule has 0 aromatic heterocycles. The summed E-state index contributed by atoms with van der Waals surface area (Å²) in [6.45, 7) is -0.479. The quantitative estimate of drug-likeness (QED) is 0.403. The van der Waals surface area contributed by atoms with Gasteiger partial charge in [0.15, 0.2) is 13.2 Å². The minimum Gasteiger partial charge on any atom is -0.483 e. The SMILES string of the molecule is O=C(COc1ccc2ccccc2c1Br)NNC(=O)COc1cccc2ccccc12. The van der Waals surface area contributed by atoms with E-state index in [1.807, 2.05) is 66.7 Å². The maximum Gasteiger partial charge on any atom is 0.276 e. The number of rotatable bonds is 6. The zero-order valence-corrected chi connectivity index (χ0v) is 18.0. The standard InChI is InChI=1S/C24H19BrN2O4/c25-24-19-10-4-2-7-17(19)12-13-21(24)31-15-23(29)27-26-22(28)14-30-20-11-5-8-16-6-1-3-9-18(16)20/h1-13H,14-15H2,(H,26,28)(H,27,29). The van der Waals surface area contributed by atoms with Crippen LogP contribution in [0.3, 0.4) is 0 Å². The van der Waals surface area contributed by atoms with Crippen LogP contribution in [0, 0.1) is 0 Å². The topological polar surface area (TPSA) is 76.7 Å². The molecule has 0 aliphatic rings. The van der Waals surface area contributed by atoms with Gasteiger partial charge in [0.25, 0.3) is 11.8 Å². The van der Waals surface area contributed by atoms with Gasteiger partial charge in [-0.1, -0.05) is 66.7 Å². The monoisotopic (exact) mass is 478 g/mol. The molecule has 4 rings (SSSR count). The van der Waals surface area contributed by atoms with Gasteiger partial charge in [-0.3, -0.25) is 20.4 Å². The Hall–Kier alpha value is -3.58. The molecule has 2 N–H and O–H groups in total. The molecule has 0 spiro atoms. The summed E-state index contributed by atoms with van der Waals surface area (Å²) in [5, 5.41) is 3.98. The van der Waals surface area contributed by atoms with Crippen LogP contribution >= 0.6 is 15.9 Å². The van der Waals surface area contributed by atoms with Gasteiger partial charge in [0.1, 0.15) is 11.5 Å². The van der Waals surface area contributed by atoms with Crippen molar-refractivity contribution < 1.29 is 19.1 Å². The number of carbonyl (C=O) groups excluding carboxylic acids is 2. The molecule has 2 amide bonds. The maximum absolute atomic E-state index is 12.0. The number of hydrogen-bond donors (Lipinski definition) is 2. The summed E-state index contributed by atoms with van der Waals surface area (Å²) in [4.78, 5) is 24.1. The van der Waals surface area contributed by atoms with Crippen LogP contribution in [0.15, 0.2) is 83.3 Å². The van der Waals surface area contributed by atoms with E-state index in [2.05, 4.69) is 26.8 Å². The Morgan fingerprint density at radius 2 is 1.19 bits per heavy atom. The molecule has 0 atom stereocenters. The molecule has 0 saturated carbocycles. The summed E-state index contributed by atoms with van der Waals surface area (Å²) in [7, 11) is 0. The second-order valence-corrected chi connectivity index (χ2v) is 7.54. The fraction of sp³-hybridized carbons (Fsp3) is 0.0833. The zero-order chi connectivity index (χ0) is 21.6. The average molecular weight is 479 g/mol. The number of nitrogens with one attached hydrogen (secondary N) is 2. The van der Waals surface area contributed by atoms with Crippen LogP contribution in [0.1, 0.15) is 0 Å². The van der Waals surface area contributed by atoms with E-state index in [0.717, 1.165) is 26.0 Å². The van der Waals surface area contributed by atoms with Crippen LogP contribution in [-0.2, 0) is 9.59 Å². The Kier molecular flexibility index (Phi) is 6.33. The van der Waals surface area contributed by atoms with Crippen molar-refractivity contribution in [2.24, 2.45) is 0 Å². The first-order chi connectivity index (χ1) is 15.1. The Bertz CT molecular complexity index is 1250. The molecule has 0 saturated heterocycles. The van der Waals surface area contributed by atoms with E-state index in [-0.39, 0.29) is 13.2 Å². The Morgan fingerprint density at radius 3 is 1.90 bits per heavy atom. The number of hydrogen-bond acceptors (Lipinski definition) is 4. The summed E-state index contributed by atoms with van der Waals surface area (Å²) in [6.07, 6.45) is 0. The highest BCUT2D eigenvalue weighted by Crippen LogP contribution is 2.33. The summed E-state index contributed by atoms with van der Waals surface area (Å²) >= 11 is 3.51. The number of hydrazine groups is 1. The van der Waals surface area contributed by atoms with Crippen molar-refractivity contribution in [3.63, 3.8) is 0 Å². The second kappa shape index (κ2) is 9.49. The lowest BCUT2D eigenvalue weighted by molar-refractivity contribution is -0.130. The van der Waals surface area contributed by atoms with Crippen molar-refractivity contribution in [3.05, 3.63) is 83.3 Å². The molecule has 31 heavy (non-hydrogen) atoms. The van der Waals surface area contributed by atoms with Gasteiger partial charge < -0.3 is 9.47 Å². The fourth-order valence-corrected chi connectivity index (χ4v) is 3.75. The van der Waals surface area contributed by atoms with Crippen molar-refractivity contribution in [2.45, 2.75) is 0 Å². The van der Waals surface area contributed by atoms with Crippen LogP contribution in [0.5, 0.6) is 11.5 Å². The molecule has 4 aromatic carbocycles. The van der Waals surface area contributed by atoms with Crippen LogP contribution in [0.25, 0.3) is 21.5 Å². The van der Waals surface area contributed by atoms with Crippen LogP contribution in [0.4, 0.5) is 0 Å². The first-order valence-electron chi connectivity index (χ1n) is 9.60. The molecule has 0 aliphatic heterocycles. The maximum atomic E-state index is 12.0. The van der Waals surface area contributed by atoms with E-state index in [0.29, 0.717) is 11.5 Å². The Labute approximate surface area is 187 Å². The molecule has 6 nitrogen and oxygen atoms in total. The molecule has 7 heteroatoms. The van der Waals surface area contributed by atoms with E-state index >= 15 is 0 Å². The number of carbonyl (C=O) groups is 2. The van der Waals surface area contributed by atoms with Gasteiger partial charge in [0.2, 0.25) is 0 Å². The zero-order valence-electron chi connectivity index (χ0n) is 16.4. The van der Waals surface area contributed by atoms with Gasteiger partial charge in [-0.15, -0.1) is 0 Å². The first kappa shape index (κ1) is 20.7. The van der Waals surface area contributed by atoms with Crippen LogP contribution < -0.4 is 20.3 Å². The average Bonchev–Trinajstić information content (AvgIpc) is 2.81. The Morgan fingerprint density at radius 1 is 0.645 bits per heavy atom. The molecule has 0 radical (unpaired) electrons. The van der Waals surface area contributed by atoms with E-state index in [4.69, 9.17) is 9.47 Å². The number of amides is 2. The van der Waals surface area contributed by atoms with E-state index < -0.39 is 11.8 Å². The molecule has 0 heterocycles. The van der Waals surface area contributed by atoms with Crippen molar-refractivity contribution in [3.8, 4) is 11.5 Å². The molecule has 156 valence electrons. The lowest BCUT2D eigenvalue weighted by Crippen LogP contribution is -2.45.